The molecule has 0 spiro atoms. The van der Waals surface area contributed by atoms with E-state index in [2.05, 4.69) is 12.0 Å². The standard InChI is InChI=1S/C5H11N3/c1-3-8-5-7(2)4-6-8/h4H,3,5H2,1-2H3. The van der Waals surface area contributed by atoms with Crippen molar-refractivity contribution in [3.8, 4) is 0 Å². The van der Waals surface area contributed by atoms with E-state index in [1.54, 1.807) is 0 Å². The van der Waals surface area contributed by atoms with Gasteiger partial charge in [-0.15, -0.1) is 0 Å². The molecule has 1 heterocycles. The Labute approximate surface area is 49.6 Å². The van der Waals surface area contributed by atoms with Crippen molar-refractivity contribution in [3.05, 3.63) is 0 Å². The molecule has 0 N–H and O–H groups in total. The second-order valence-electron chi connectivity index (χ2n) is 1.95. The average molecular weight is 113 g/mol. The monoisotopic (exact) mass is 113 g/mol. The van der Waals surface area contributed by atoms with Gasteiger partial charge in [-0.1, -0.05) is 0 Å². The van der Waals surface area contributed by atoms with Crippen LogP contribution in [0.1, 0.15) is 6.92 Å². The van der Waals surface area contributed by atoms with Crippen LogP contribution < -0.4 is 0 Å². The van der Waals surface area contributed by atoms with Gasteiger partial charge in [0.25, 0.3) is 0 Å². The van der Waals surface area contributed by atoms with Crippen molar-refractivity contribution in [2.75, 3.05) is 20.3 Å². The third kappa shape index (κ3) is 0.911. The molecule has 1 aliphatic heterocycles. The fourth-order valence-corrected chi connectivity index (χ4v) is 0.673. The number of rotatable bonds is 1. The molecule has 0 saturated carbocycles. The lowest BCUT2D eigenvalue weighted by molar-refractivity contribution is 0.265. The van der Waals surface area contributed by atoms with E-state index in [-0.39, 0.29) is 0 Å². The molecule has 0 saturated heterocycles. The summed E-state index contributed by atoms with van der Waals surface area (Å²) in [6, 6.07) is 0. The smallest absolute Gasteiger partial charge is 0.112 e. The first kappa shape index (κ1) is 5.41. The molecule has 0 fully saturated rings. The highest BCUT2D eigenvalue weighted by Gasteiger charge is 2.04. The van der Waals surface area contributed by atoms with E-state index in [4.69, 9.17) is 0 Å². The van der Waals surface area contributed by atoms with Crippen molar-refractivity contribution in [1.29, 1.82) is 0 Å². The van der Waals surface area contributed by atoms with Gasteiger partial charge in [-0.05, 0) is 6.92 Å². The molecule has 0 amide bonds. The Kier molecular flexibility index (Phi) is 1.37. The molecule has 0 bridgehead atoms. The van der Waals surface area contributed by atoms with Crippen LogP contribution in [-0.4, -0.2) is 36.5 Å². The topological polar surface area (TPSA) is 18.8 Å². The molecule has 1 aliphatic rings. The van der Waals surface area contributed by atoms with E-state index in [0.29, 0.717) is 0 Å². The molecule has 0 atom stereocenters. The van der Waals surface area contributed by atoms with Crippen molar-refractivity contribution in [2.24, 2.45) is 5.10 Å². The lowest BCUT2D eigenvalue weighted by atomic mass is 10.7. The van der Waals surface area contributed by atoms with Gasteiger partial charge in [-0.2, -0.15) is 5.10 Å². The SMILES string of the molecule is CCN1CN(C)C=N1. The predicted molar refractivity (Wildman–Crippen MR) is 33.5 cm³/mol. The maximum Gasteiger partial charge on any atom is 0.112 e. The quantitative estimate of drug-likeness (QED) is 0.482. The normalized spacial score (nSPS) is 18.2. The molecule has 8 heavy (non-hydrogen) atoms. The third-order valence-electron chi connectivity index (χ3n) is 1.16. The zero-order valence-electron chi connectivity index (χ0n) is 5.33. The van der Waals surface area contributed by atoms with Gasteiger partial charge >= 0.3 is 0 Å². The van der Waals surface area contributed by atoms with Crippen LogP contribution >= 0.6 is 0 Å². The van der Waals surface area contributed by atoms with Gasteiger partial charge in [0.2, 0.25) is 0 Å². The minimum Gasteiger partial charge on any atom is -0.345 e. The Hall–Kier alpha value is -0.730. The fourth-order valence-electron chi connectivity index (χ4n) is 0.673. The summed E-state index contributed by atoms with van der Waals surface area (Å²) in [5, 5.41) is 6.07. The molecule has 46 valence electrons. The molecule has 0 unspecified atom stereocenters. The lowest BCUT2D eigenvalue weighted by Crippen LogP contribution is -2.22. The lowest BCUT2D eigenvalue weighted by Gasteiger charge is -2.11. The average Bonchev–Trinajstić information content (AvgIpc) is 2.14. The van der Waals surface area contributed by atoms with Gasteiger partial charge in [-0.25, -0.2) is 0 Å². The summed E-state index contributed by atoms with van der Waals surface area (Å²) in [6.45, 7) is 4.04. The molecular formula is C5H11N3. The summed E-state index contributed by atoms with van der Waals surface area (Å²) >= 11 is 0. The van der Waals surface area contributed by atoms with Gasteiger partial charge in [-0.3, -0.25) is 5.01 Å². The van der Waals surface area contributed by atoms with E-state index in [9.17, 15) is 0 Å². The molecular weight excluding hydrogens is 102 g/mol. The summed E-state index contributed by atoms with van der Waals surface area (Å²) < 4.78 is 0. The second kappa shape index (κ2) is 2.03. The first-order chi connectivity index (χ1) is 3.83. The summed E-state index contributed by atoms with van der Waals surface area (Å²) in [4.78, 5) is 2.05. The second-order valence-corrected chi connectivity index (χ2v) is 1.95. The molecule has 0 aromatic carbocycles. The highest BCUT2D eigenvalue weighted by molar-refractivity contribution is 5.55. The van der Waals surface area contributed by atoms with Gasteiger partial charge in [0.1, 0.15) is 13.0 Å². The minimum atomic E-state index is 0.941. The molecule has 3 nitrogen and oxygen atoms in total. The Balaban J connectivity index is 2.34. The van der Waals surface area contributed by atoms with E-state index in [1.165, 1.54) is 0 Å². The zero-order chi connectivity index (χ0) is 5.98. The van der Waals surface area contributed by atoms with Crippen LogP contribution in [0.2, 0.25) is 0 Å². The van der Waals surface area contributed by atoms with E-state index in [0.717, 1.165) is 13.2 Å². The van der Waals surface area contributed by atoms with Gasteiger partial charge in [0.15, 0.2) is 0 Å². The molecule has 3 heteroatoms. The Morgan fingerprint density at radius 3 is 2.75 bits per heavy atom. The van der Waals surface area contributed by atoms with Crippen LogP contribution in [0.15, 0.2) is 5.10 Å². The van der Waals surface area contributed by atoms with E-state index < -0.39 is 0 Å². The maximum atomic E-state index is 4.07. The van der Waals surface area contributed by atoms with Crippen molar-refractivity contribution in [1.82, 2.24) is 9.91 Å². The molecule has 1 rings (SSSR count). The highest BCUT2D eigenvalue weighted by atomic mass is 15.6. The Morgan fingerprint density at radius 1 is 1.75 bits per heavy atom. The van der Waals surface area contributed by atoms with Crippen molar-refractivity contribution < 1.29 is 0 Å². The van der Waals surface area contributed by atoms with Crippen LogP contribution in [0.4, 0.5) is 0 Å². The Bertz CT molecular complexity index is 99.8. The zero-order valence-corrected chi connectivity index (χ0v) is 5.33. The van der Waals surface area contributed by atoms with Crippen LogP contribution in [-0.2, 0) is 0 Å². The summed E-state index contributed by atoms with van der Waals surface area (Å²) in [6.07, 6.45) is 1.84. The van der Waals surface area contributed by atoms with E-state index in [1.807, 2.05) is 23.3 Å². The maximum absolute atomic E-state index is 4.07. The number of hydrogen-bond acceptors (Lipinski definition) is 3. The van der Waals surface area contributed by atoms with Crippen LogP contribution in [0.3, 0.4) is 0 Å². The van der Waals surface area contributed by atoms with Crippen molar-refractivity contribution in [3.63, 3.8) is 0 Å². The van der Waals surface area contributed by atoms with E-state index >= 15 is 0 Å². The van der Waals surface area contributed by atoms with Crippen molar-refractivity contribution >= 4 is 6.34 Å². The number of hydrogen-bond donors (Lipinski definition) is 0. The first-order valence-electron chi connectivity index (χ1n) is 2.82. The summed E-state index contributed by atoms with van der Waals surface area (Å²) in [5.41, 5.74) is 0. The van der Waals surface area contributed by atoms with Gasteiger partial charge < -0.3 is 4.90 Å². The highest BCUT2D eigenvalue weighted by Crippen LogP contribution is 1.96. The molecule has 0 radical (unpaired) electrons. The minimum absolute atomic E-state index is 0.941. The van der Waals surface area contributed by atoms with Crippen LogP contribution in [0, 0.1) is 0 Å². The predicted octanol–water partition coefficient (Wildman–Crippen LogP) is 0.155. The van der Waals surface area contributed by atoms with Gasteiger partial charge in [0.05, 0.1) is 0 Å². The molecule has 0 aromatic heterocycles. The fraction of sp³-hybridized carbons (Fsp3) is 0.800. The molecule has 0 aromatic rings. The first-order valence-corrected chi connectivity index (χ1v) is 2.82. The van der Waals surface area contributed by atoms with Crippen molar-refractivity contribution in [2.45, 2.75) is 6.92 Å². The van der Waals surface area contributed by atoms with Gasteiger partial charge in [0, 0.05) is 13.6 Å². The summed E-state index contributed by atoms with van der Waals surface area (Å²) in [7, 11) is 2.01. The third-order valence-corrected chi connectivity index (χ3v) is 1.16. The largest absolute Gasteiger partial charge is 0.345 e. The number of nitrogens with zero attached hydrogens (tertiary/aromatic N) is 3. The number of hydrazone groups is 1. The molecule has 0 aliphatic carbocycles. The summed E-state index contributed by atoms with van der Waals surface area (Å²) in [5.74, 6) is 0. The van der Waals surface area contributed by atoms with Crippen LogP contribution in [0.5, 0.6) is 0 Å². The Morgan fingerprint density at radius 2 is 2.50 bits per heavy atom. The van der Waals surface area contributed by atoms with Crippen LogP contribution in [0.25, 0.3) is 0 Å².